The van der Waals surface area contributed by atoms with Crippen LogP contribution in [0.25, 0.3) is 0 Å². The molecule has 0 aliphatic heterocycles. The molecule has 0 saturated carbocycles. The summed E-state index contributed by atoms with van der Waals surface area (Å²) in [6, 6.07) is 10.4. The van der Waals surface area contributed by atoms with E-state index in [1.165, 1.54) is 36.4 Å². The Morgan fingerprint density at radius 3 is 1.20 bits per heavy atom. The smallest absolute Gasteiger partial charge is 0.342 e. The van der Waals surface area contributed by atoms with E-state index in [9.17, 15) is 29.8 Å². The molecule has 0 amide bonds. The van der Waals surface area contributed by atoms with E-state index in [1.54, 1.807) is 0 Å². The van der Waals surface area contributed by atoms with Crippen LogP contribution < -0.4 is 0 Å². The topological polar surface area (TPSA) is 161 Å². The molecular formula is C14H10CuN2O8. The zero-order valence-corrected chi connectivity index (χ0v) is 13.1. The van der Waals surface area contributed by atoms with Crippen LogP contribution in [0, 0.1) is 20.2 Å². The van der Waals surface area contributed by atoms with E-state index < -0.39 is 21.8 Å². The van der Waals surface area contributed by atoms with Crippen LogP contribution in [0.4, 0.5) is 11.4 Å². The minimum Gasteiger partial charge on any atom is -0.477 e. The van der Waals surface area contributed by atoms with Gasteiger partial charge in [-0.3, -0.25) is 20.2 Å². The van der Waals surface area contributed by atoms with E-state index in [-0.39, 0.29) is 39.6 Å². The minimum atomic E-state index is -1.29. The normalized spacial score (nSPS) is 8.96. The molecule has 11 heteroatoms. The monoisotopic (exact) mass is 397 g/mol. The molecule has 2 N–H and O–H groups in total. The first-order valence-electron chi connectivity index (χ1n) is 6.19. The van der Waals surface area contributed by atoms with Crippen LogP contribution in [0.15, 0.2) is 48.5 Å². The summed E-state index contributed by atoms with van der Waals surface area (Å²) in [6.45, 7) is 0. The fourth-order valence-electron chi connectivity index (χ4n) is 1.63. The van der Waals surface area contributed by atoms with Crippen LogP contribution in [-0.4, -0.2) is 32.0 Å². The number of carboxylic acids is 2. The van der Waals surface area contributed by atoms with E-state index in [1.807, 2.05) is 0 Å². The second-order valence-electron chi connectivity index (χ2n) is 4.16. The van der Waals surface area contributed by atoms with Gasteiger partial charge in [-0.2, -0.15) is 0 Å². The Hall–Kier alpha value is -3.30. The minimum absolute atomic E-state index is 0. The summed E-state index contributed by atoms with van der Waals surface area (Å²) in [5.74, 6) is -2.58. The zero-order chi connectivity index (χ0) is 18.3. The number of rotatable bonds is 4. The second-order valence-corrected chi connectivity index (χ2v) is 4.16. The van der Waals surface area contributed by atoms with Gasteiger partial charge < -0.3 is 10.2 Å². The first-order chi connectivity index (χ1) is 11.3. The van der Waals surface area contributed by atoms with Crippen molar-refractivity contribution in [3.63, 3.8) is 0 Å². The van der Waals surface area contributed by atoms with Crippen molar-refractivity contribution in [3.05, 3.63) is 79.9 Å². The molecule has 0 aromatic heterocycles. The molecule has 2 aromatic carbocycles. The van der Waals surface area contributed by atoms with Gasteiger partial charge in [0.1, 0.15) is 11.1 Å². The molecule has 0 spiro atoms. The Labute approximate surface area is 150 Å². The number of hydrogen-bond donors (Lipinski definition) is 2. The fourth-order valence-corrected chi connectivity index (χ4v) is 1.63. The van der Waals surface area contributed by atoms with Crippen LogP contribution in [-0.2, 0) is 17.1 Å². The molecule has 0 unspecified atom stereocenters. The summed E-state index contributed by atoms with van der Waals surface area (Å²) in [7, 11) is 0. The molecule has 2 aromatic rings. The Morgan fingerprint density at radius 2 is 1.00 bits per heavy atom. The van der Waals surface area contributed by atoms with Gasteiger partial charge in [-0.1, -0.05) is 24.3 Å². The number of para-hydroxylation sites is 2. The average Bonchev–Trinajstić information content (AvgIpc) is 2.55. The van der Waals surface area contributed by atoms with Gasteiger partial charge in [-0.15, -0.1) is 0 Å². The summed E-state index contributed by atoms with van der Waals surface area (Å²) in [6.07, 6.45) is 0. The summed E-state index contributed by atoms with van der Waals surface area (Å²) in [4.78, 5) is 39.9. The van der Waals surface area contributed by atoms with Gasteiger partial charge in [0.25, 0.3) is 11.4 Å². The van der Waals surface area contributed by atoms with Crippen molar-refractivity contribution in [2.45, 2.75) is 0 Å². The number of nitro benzene ring substituents is 2. The molecule has 1 radical (unpaired) electrons. The summed E-state index contributed by atoms with van der Waals surface area (Å²) in [5, 5.41) is 37.6. The predicted molar refractivity (Wildman–Crippen MR) is 80.1 cm³/mol. The van der Waals surface area contributed by atoms with Crippen LogP contribution in [0.2, 0.25) is 0 Å². The molecule has 25 heavy (non-hydrogen) atoms. The van der Waals surface area contributed by atoms with Crippen molar-refractivity contribution in [2.75, 3.05) is 0 Å². The quantitative estimate of drug-likeness (QED) is 0.451. The molecule has 0 bridgehead atoms. The van der Waals surface area contributed by atoms with E-state index in [2.05, 4.69) is 0 Å². The van der Waals surface area contributed by atoms with Crippen LogP contribution in [0.1, 0.15) is 20.7 Å². The molecular weight excluding hydrogens is 388 g/mol. The molecule has 0 saturated heterocycles. The number of nitrogens with zero attached hydrogens (tertiary/aromatic N) is 2. The number of nitro groups is 2. The van der Waals surface area contributed by atoms with Gasteiger partial charge >= 0.3 is 11.9 Å². The van der Waals surface area contributed by atoms with Gasteiger partial charge in [0.05, 0.1) is 9.85 Å². The predicted octanol–water partition coefficient (Wildman–Crippen LogP) is 2.58. The first-order valence-corrected chi connectivity index (χ1v) is 6.19. The average molecular weight is 398 g/mol. The Bertz CT molecular complexity index is 675. The van der Waals surface area contributed by atoms with Crippen LogP contribution >= 0.6 is 0 Å². The molecule has 135 valence electrons. The molecule has 0 aliphatic rings. The van der Waals surface area contributed by atoms with Gasteiger partial charge in [-0.25, -0.2) is 9.59 Å². The van der Waals surface area contributed by atoms with Crippen molar-refractivity contribution in [1.29, 1.82) is 0 Å². The molecule has 10 nitrogen and oxygen atoms in total. The van der Waals surface area contributed by atoms with E-state index in [0.29, 0.717) is 0 Å². The molecule has 0 fully saturated rings. The standard InChI is InChI=1S/2C7H5NO4.Cu/c2*9-7(10)5-3-1-2-4-6(5)8(11)12;/h2*1-4H,(H,9,10);. The second kappa shape index (κ2) is 9.75. The molecule has 0 aliphatic carbocycles. The number of carboxylic acid groups (broad SMARTS) is 2. The van der Waals surface area contributed by atoms with Crippen LogP contribution in [0.3, 0.4) is 0 Å². The summed E-state index contributed by atoms with van der Waals surface area (Å²) < 4.78 is 0. The summed E-state index contributed by atoms with van der Waals surface area (Å²) >= 11 is 0. The Morgan fingerprint density at radius 1 is 0.720 bits per heavy atom. The van der Waals surface area contributed by atoms with Crippen molar-refractivity contribution >= 4 is 23.3 Å². The fraction of sp³-hybridized carbons (Fsp3) is 0. The Kier molecular flexibility index (Phi) is 8.47. The van der Waals surface area contributed by atoms with Crippen molar-refractivity contribution in [3.8, 4) is 0 Å². The maximum absolute atomic E-state index is 10.4. The largest absolute Gasteiger partial charge is 0.477 e. The zero-order valence-electron chi connectivity index (χ0n) is 12.2. The van der Waals surface area contributed by atoms with Gasteiger partial charge in [0.15, 0.2) is 0 Å². The third kappa shape index (κ3) is 6.01. The molecule has 0 atom stereocenters. The number of benzene rings is 2. The van der Waals surface area contributed by atoms with E-state index >= 15 is 0 Å². The van der Waals surface area contributed by atoms with Crippen LogP contribution in [0.5, 0.6) is 0 Å². The van der Waals surface area contributed by atoms with Gasteiger partial charge in [0, 0.05) is 29.2 Å². The first kappa shape index (κ1) is 21.7. The van der Waals surface area contributed by atoms with Gasteiger partial charge in [-0.05, 0) is 12.1 Å². The number of carbonyl (C=O) groups is 2. The van der Waals surface area contributed by atoms with Crippen molar-refractivity contribution < 1.29 is 46.7 Å². The molecule has 0 heterocycles. The number of aromatic carboxylic acids is 2. The van der Waals surface area contributed by atoms with Gasteiger partial charge in [0.2, 0.25) is 0 Å². The maximum atomic E-state index is 10.4. The van der Waals surface area contributed by atoms with Crippen molar-refractivity contribution in [2.24, 2.45) is 0 Å². The number of hydrogen-bond acceptors (Lipinski definition) is 6. The van der Waals surface area contributed by atoms with E-state index in [0.717, 1.165) is 12.1 Å². The maximum Gasteiger partial charge on any atom is 0.342 e. The van der Waals surface area contributed by atoms with Crippen molar-refractivity contribution in [1.82, 2.24) is 0 Å². The SMILES string of the molecule is O=C(O)c1ccccc1[N+](=O)[O-].O=C(O)c1ccccc1[N+](=O)[O-].[Cu]. The Balaban J connectivity index is 0.000000443. The third-order valence-electron chi connectivity index (χ3n) is 2.66. The van der Waals surface area contributed by atoms with E-state index in [4.69, 9.17) is 10.2 Å². The summed E-state index contributed by atoms with van der Waals surface area (Å²) in [5.41, 5.74) is -1.35. The third-order valence-corrected chi connectivity index (χ3v) is 2.66. The molecule has 2 rings (SSSR count).